The van der Waals surface area contributed by atoms with E-state index in [9.17, 15) is 9.59 Å². The number of carbonyl (C=O) groups is 2. The van der Waals surface area contributed by atoms with Crippen LogP contribution in [-0.2, 0) is 11.3 Å². The summed E-state index contributed by atoms with van der Waals surface area (Å²) in [6, 6.07) is 7.68. The summed E-state index contributed by atoms with van der Waals surface area (Å²) in [5.41, 5.74) is 1.23. The first-order chi connectivity index (χ1) is 13.7. The number of rotatable bonds is 5. The lowest BCUT2D eigenvalue weighted by molar-refractivity contribution is 0.0203. The largest absolute Gasteiger partial charge is 0.472 e. The molecule has 3 heterocycles. The molecule has 0 aromatic carbocycles. The predicted octanol–water partition coefficient (Wildman–Crippen LogP) is 5.04. The Labute approximate surface area is 175 Å². The summed E-state index contributed by atoms with van der Waals surface area (Å²) in [5.74, 6) is 0.934. The number of likely N-dealkylation sites (tertiary alicyclic amines) is 1. The molecular weight excluding hydrogens is 388 g/mol. The van der Waals surface area contributed by atoms with Gasteiger partial charge in [-0.25, -0.2) is 9.78 Å². The average Bonchev–Trinajstić information content (AvgIpc) is 3.15. The highest BCUT2D eigenvalue weighted by molar-refractivity contribution is 7.10. The Hall–Kier alpha value is -2.41. The number of nitrogens with zero attached hydrogens (tertiary/aromatic N) is 2. The minimum Gasteiger partial charge on any atom is -0.472 e. The van der Waals surface area contributed by atoms with E-state index in [-0.39, 0.29) is 11.9 Å². The molecule has 1 saturated heterocycles. The molecule has 0 atom stereocenters. The first-order valence-corrected chi connectivity index (χ1v) is 10.8. The van der Waals surface area contributed by atoms with Gasteiger partial charge in [-0.15, -0.1) is 11.3 Å². The van der Waals surface area contributed by atoms with Crippen LogP contribution < -0.4 is 4.74 Å². The molecule has 156 valence electrons. The van der Waals surface area contributed by atoms with Crippen molar-refractivity contribution in [2.75, 3.05) is 13.1 Å². The Bertz CT molecular complexity index is 864. The molecule has 1 aliphatic rings. The fraction of sp³-hybridized carbons (Fsp3) is 0.500. The van der Waals surface area contributed by atoms with E-state index in [0.29, 0.717) is 37.1 Å². The molecule has 0 spiro atoms. The van der Waals surface area contributed by atoms with Crippen molar-refractivity contribution in [3.05, 3.63) is 45.8 Å². The SMILES string of the molecule is CC(=O)c1csc(COc2cccc(C3CCN(C(=O)OC(C)(C)C)CC3)n2)c1. The summed E-state index contributed by atoms with van der Waals surface area (Å²) in [6.45, 7) is 8.92. The lowest BCUT2D eigenvalue weighted by Crippen LogP contribution is -2.41. The lowest BCUT2D eigenvalue weighted by atomic mass is 9.93. The van der Waals surface area contributed by atoms with Crippen LogP contribution in [0.25, 0.3) is 0 Å². The summed E-state index contributed by atoms with van der Waals surface area (Å²) in [7, 11) is 0. The molecule has 3 rings (SSSR count). The lowest BCUT2D eigenvalue weighted by Gasteiger charge is -2.33. The van der Waals surface area contributed by atoms with E-state index >= 15 is 0 Å². The van der Waals surface area contributed by atoms with Gasteiger partial charge in [0.1, 0.15) is 12.2 Å². The third-order valence-corrected chi connectivity index (χ3v) is 5.64. The molecule has 1 amide bonds. The molecule has 0 saturated carbocycles. The zero-order valence-corrected chi connectivity index (χ0v) is 18.3. The number of ether oxygens (including phenoxy) is 2. The van der Waals surface area contributed by atoms with Crippen LogP contribution in [0.1, 0.15) is 67.4 Å². The number of hydrogen-bond donors (Lipinski definition) is 0. The van der Waals surface area contributed by atoms with Gasteiger partial charge in [-0.05, 0) is 52.7 Å². The van der Waals surface area contributed by atoms with Crippen LogP contribution in [0, 0.1) is 0 Å². The maximum absolute atomic E-state index is 12.2. The molecule has 6 nitrogen and oxygen atoms in total. The number of aromatic nitrogens is 1. The van der Waals surface area contributed by atoms with Crippen molar-refractivity contribution in [3.63, 3.8) is 0 Å². The van der Waals surface area contributed by atoms with Crippen LogP contribution in [-0.4, -0.2) is 40.5 Å². The topological polar surface area (TPSA) is 68.7 Å². The third-order valence-electron chi connectivity index (χ3n) is 4.73. The summed E-state index contributed by atoms with van der Waals surface area (Å²) in [5, 5.41) is 1.85. The van der Waals surface area contributed by atoms with Gasteiger partial charge in [0.25, 0.3) is 0 Å². The molecule has 1 aliphatic heterocycles. The number of amides is 1. The van der Waals surface area contributed by atoms with Crippen molar-refractivity contribution in [1.29, 1.82) is 0 Å². The second-order valence-corrected chi connectivity index (χ2v) is 9.28. The highest BCUT2D eigenvalue weighted by Crippen LogP contribution is 2.29. The summed E-state index contributed by atoms with van der Waals surface area (Å²) in [4.78, 5) is 31.1. The summed E-state index contributed by atoms with van der Waals surface area (Å²) in [6.07, 6.45) is 1.45. The highest BCUT2D eigenvalue weighted by atomic mass is 32.1. The van der Waals surface area contributed by atoms with E-state index in [0.717, 1.165) is 23.4 Å². The van der Waals surface area contributed by atoms with Crippen LogP contribution in [0.2, 0.25) is 0 Å². The minimum atomic E-state index is -0.477. The normalized spacial score (nSPS) is 15.2. The first kappa shape index (κ1) is 21.3. The van der Waals surface area contributed by atoms with E-state index < -0.39 is 5.60 Å². The van der Waals surface area contributed by atoms with E-state index in [2.05, 4.69) is 4.98 Å². The number of piperidine rings is 1. The Morgan fingerprint density at radius 2 is 1.97 bits per heavy atom. The second kappa shape index (κ2) is 8.95. The van der Waals surface area contributed by atoms with Gasteiger partial charge in [-0.2, -0.15) is 0 Å². The van der Waals surface area contributed by atoms with Gasteiger partial charge in [0.15, 0.2) is 5.78 Å². The Balaban J connectivity index is 1.54. The number of Topliss-reactive ketones (excluding diaryl/α,β-unsaturated/α-hetero) is 1. The van der Waals surface area contributed by atoms with Crippen LogP contribution in [0.4, 0.5) is 4.79 Å². The molecule has 2 aromatic heterocycles. The van der Waals surface area contributed by atoms with Crippen LogP contribution in [0.3, 0.4) is 0 Å². The zero-order chi connectivity index (χ0) is 21.0. The fourth-order valence-corrected chi connectivity index (χ4v) is 4.04. The smallest absolute Gasteiger partial charge is 0.410 e. The Kier molecular flexibility index (Phi) is 6.57. The van der Waals surface area contributed by atoms with Crippen LogP contribution in [0.5, 0.6) is 5.88 Å². The van der Waals surface area contributed by atoms with Gasteiger partial charge in [0.05, 0.1) is 0 Å². The third kappa shape index (κ3) is 6.03. The fourth-order valence-electron chi connectivity index (χ4n) is 3.21. The van der Waals surface area contributed by atoms with Gasteiger partial charge in [0, 0.05) is 46.6 Å². The Morgan fingerprint density at radius 1 is 1.24 bits per heavy atom. The number of hydrogen-bond acceptors (Lipinski definition) is 6. The molecule has 0 radical (unpaired) electrons. The molecule has 1 fully saturated rings. The molecule has 0 aliphatic carbocycles. The highest BCUT2D eigenvalue weighted by Gasteiger charge is 2.28. The molecule has 7 heteroatoms. The number of thiophene rings is 1. The van der Waals surface area contributed by atoms with Crippen LogP contribution in [0.15, 0.2) is 29.6 Å². The monoisotopic (exact) mass is 416 g/mol. The zero-order valence-electron chi connectivity index (χ0n) is 17.4. The molecule has 0 unspecified atom stereocenters. The summed E-state index contributed by atoms with van der Waals surface area (Å²) < 4.78 is 11.3. The number of ketones is 1. The van der Waals surface area contributed by atoms with Crippen molar-refractivity contribution in [2.24, 2.45) is 0 Å². The first-order valence-electron chi connectivity index (χ1n) is 9.87. The quantitative estimate of drug-likeness (QED) is 0.639. The molecular formula is C22H28N2O4S. The van der Waals surface area contributed by atoms with Gasteiger partial charge < -0.3 is 14.4 Å². The summed E-state index contributed by atoms with van der Waals surface area (Å²) >= 11 is 1.51. The van der Waals surface area contributed by atoms with Gasteiger partial charge >= 0.3 is 6.09 Å². The van der Waals surface area contributed by atoms with E-state index in [1.165, 1.54) is 11.3 Å². The molecule has 29 heavy (non-hydrogen) atoms. The van der Waals surface area contributed by atoms with Crippen molar-refractivity contribution in [2.45, 2.75) is 58.7 Å². The van der Waals surface area contributed by atoms with Gasteiger partial charge in [0.2, 0.25) is 5.88 Å². The maximum atomic E-state index is 12.2. The Morgan fingerprint density at radius 3 is 2.59 bits per heavy atom. The molecule has 2 aromatic rings. The van der Waals surface area contributed by atoms with E-state index in [4.69, 9.17) is 9.47 Å². The predicted molar refractivity (Wildman–Crippen MR) is 113 cm³/mol. The van der Waals surface area contributed by atoms with Crippen molar-refractivity contribution in [3.8, 4) is 5.88 Å². The number of pyridine rings is 1. The van der Waals surface area contributed by atoms with Crippen molar-refractivity contribution in [1.82, 2.24) is 9.88 Å². The molecule has 0 bridgehead atoms. The molecule has 0 N–H and O–H groups in total. The van der Waals surface area contributed by atoms with Gasteiger partial charge in [-0.1, -0.05) is 6.07 Å². The standard InChI is InChI=1S/C22H28N2O4S/c1-15(25)17-12-18(29-14-17)13-27-20-7-5-6-19(23-20)16-8-10-24(11-9-16)21(26)28-22(2,3)4/h5-7,12,14,16H,8-11,13H2,1-4H3. The van der Waals surface area contributed by atoms with Gasteiger partial charge in [-0.3, -0.25) is 4.79 Å². The van der Waals surface area contributed by atoms with Crippen LogP contribution >= 0.6 is 11.3 Å². The maximum Gasteiger partial charge on any atom is 0.410 e. The van der Waals surface area contributed by atoms with Crippen molar-refractivity contribution < 1.29 is 19.1 Å². The second-order valence-electron chi connectivity index (χ2n) is 8.29. The average molecular weight is 417 g/mol. The number of carbonyl (C=O) groups excluding carboxylic acids is 2. The van der Waals surface area contributed by atoms with E-state index in [1.54, 1.807) is 11.8 Å². The van der Waals surface area contributed by atoms with E-state index in [1.807, 2.05) is 50.4 Å². The van der Waals surface area contributed by atoms with Crippen molar-refractivity contribution >= 4 is 23.2 Å². The minimum absolute atomic E-state index is 0.0605.